The third kappa shape index (κ3) is 3.75. The molecular formula is C19H20N4O5S. The molecule has 0 unspecified atom stereocenters. The molecule has 152 valence electrons. The molecule has 3 heterocycles. The molecule has 0 aliphatic carbocycles. The number of benzene rings is 1. The van der Waals surface area contributed by atoms with Gasteiger partial charge < -0.3 is 20.0 Å². The second-order valence-corrected chi connectivity index (χ2v) is 8.33. The number of hydrogen-bond donors (Lipinski definition) is 2. The number of sulfonamides is 1. The summed E-state index contributed by atoms with van der Waals surface area (Å²) in [5, 5.41) is 5.45. The van der Waals surface area contributed by atoms with Crippen LogP contribution in [-0.2, 0) is 14.8 Å². The summed E-state index contributed by atoms with van der Waals surface area (Å²) in [5.41, 5.74) is 0.526. The number of hydrogen-bond acceptors (Lipinski definition) is 6. The Labute approximate surface area is 167 Å². The summed E-state index contributed by atoms with van der Waals surface area (Å²) in [4.78, 5) is 26.4. The fourth-order valence-corrected chi connectivity index (χ4v) is 4.78. The third-order valence-electron chi connectivity index (χ3n) is 4.89. The van der Waals surface area contributed by atoms with Crippen LogP contribution in [-0.4, -0.2) is 56.6 Å². The Morgan fingerprint density at radius 2 is 1.93 bits per heavy atom. The molecule has 1 saturated heterocycles. The van der Waals surface area contributed by atoms with Gasteiger partial charge in [-0.05, 0) is 37.1 Å². The summed E-state index contributed by atoms with van der Waals surface area (Å²) in [5.74, 6) is -0.0464. The van der Waals surface area contributed by atoms with Crippen molar-refractivity contribution in [3.63, 3.8) is 0 Å². The van der Waals surface area contributed by atoms with Crippen LogP contribution in [0, 0.1) is 0 Å². The van der Waals surface area contributed by atoms with Crippen LogP contribution in [0.1, 0.15) is 29.0 Å². The van der Waals surface area contributed by atoms with Crippen LogP contribution in [0.3, 0.4) is 0 Å². The zero-order valence-corrected chi connectivity index (χ0v) is 16.3. The molecule has 1 aromatic heterocycles. The first-order chi connectivity index (χ1) is 14.0. The SMILES string of the molecule is O=C(NCCNC(=O)[C@@H]1CCCN1C1=NS(=O)(=O)c2ccccc21)c1ccco1. The van der Waals surface area contributed by atoms with Crippen LogP contribution >= 0.6 is 0 Å². The van der Waals surface area contributed by atoms with E-state index < -0.39 is 16.1 Å². The van der Waals surface area contributed by atoms with E-state index in [1.165, 1.54) is 12.3 Å². The van der Waals surface area contributed by atoms with E-state index in [2.05, 4.69) is 15.0 Å². The van der Waals surface area contributed by atoms with Gasteiger partial charge in [-0.1, -0.05) is 12.1 Å². The predicted molar refractivity (Wildman–Crippen MR) is 104 cm³/mol. The normalized spacial score (nSPS) is 19.5. The highest BCUT2D eigenvalue weighted by atomic mass is 32.2. The average molecular weight is 416 g/mol. The summed E-state index contributed by atoms with van der Waals surface area (Å²) in [6.07, 6.45) is 2.77. The number of carbonyl (C=O) groups excluding carboxylic acids is 2. The molecule has 10 heteroatoms. The van der Waals surface area contributed by atoms with Gasteiger partial charge in [0.15, 0.2) is 11.6 Å². The quantitative estimate of drug-likeness (QED) is 0.694. The highest BCUT2D eigenvalue weighted by Crippen LogP contribution is 2.31. The average Bonchev–Trinajstić information content (AvgIpc) is 3.45. The van der Waals surface area contributed by atoms with Crippen molar-refractivity contribution in [1.29, 1.82) is 0 Å². The van der Waals surface area contributed by atoms with E-state index in [0.29, 0.717) is 24.4 Å². The Hall–Kier alpha value is -3.14. The van der Waals surface area contributed by atoms with Crippen molar-refractivity contribution in [1.82, 2.24) is 15.5 Å². The summed E-state index contributed by atoms with van der Waals surface area (Å²) >= 11 is 0. The topological polar surface area (TPSA) is 121 Å². The van der Waals surface area contributed by atoms with Crippen molar-refractivity contribution >= 4 is 27.7 Å². The Balaban J connectivity index is 1.38. The van der Waals surface area contributed by atoms with Gasteiger partial charge >= 0.3 is 0 Å². The maximum Gasteiger partial charge on any atom is 0.287 e. The number of nitrogens with zero attached hydrogens (tertiary/aromatic N) is 2. The second kappa shape index (κ2) is 7.70. The monoisotopic (exact) mass is 416 g/mol. The van der Waals surface area contributed by atoms with Crippen LogP contribution in [0.5, 0.6) is 0 Å². The molecule has 0 radical (unpaired) electrons. The molecule has 1 fully saturated rings. The first kappa shape index (κ1) is 19.2. The van der Waals surface area contributed by atoms with Crippen LogP contribution in [0.25, 0.3) is 0 Å². The Morgan fingerprint density at radius 1 is 1.14 bits per heavy atom. The van der Waals surface area contributed by atoms with Gasteiger partial charge in [0.1, 0.15) is 10.9 Å². The van der Waals surface area contributed by atoms with Gasteiger partial charge in [-0.2, -0.15) is 8.42 Å². The van der Waals surface area contributed by atoms with Gasteiger partial charge in [0.05, 0.1) is 6.26 Å². The van der Waals surface area contributed by atoms with Crippen molar-refractivity contribution in [2.45, 2.75) is 23.8 Å². The molecule has 29 heavy (non-hydrogen) atoms. The fourth-order valence-electron chi connectivity index (χ4n) is 3.56. The molecule has 0 bridgehead atoms. The van der Waals surface area contributed by atoms with Gasteiger partial charge in [0, 0.05) is 25.2 Å². The van der Waals surface area contributed by atoms with E-state index in [1.807, 2.05) is 0 Å². The van der Waals surface area contributed by atoms with Gasteiger partial charge in [-0.3, -0.25) is 9.59 Å². The maximum absolute atomic E-state index is 12.7. The molecule has 0 saturated carbocycles. The predicted octanol–water partition coefficient (Wildman–Crippen LogP) is 0.739. The standard InChI is InChI=1S/C19H20N4O5S/c24-18(20-9-10-21-19(25)15-7-4-12-28-15)14-6-3-11-23(14)17-13-5-1-2-8-16(13)29(26,27)22-17/h1-2,4-5,7-8,12,14H,3,6,9-11H2,(H,20,24)(H,21,25)/t14-/m0/s1. The van der Waals surface area contributed by atoms with Crippen LogP contribution in [0.4, 0.5) is 0 Å². The van der Waals surface area contributed by atoms with Gasteiger partial charge in [0.2, 0.25) is 5.91 Å². The number of amides is 2. The minimum Gasteiger partial charge on any atom is -0.459 e. The minimum atomic E-state index is -3.74. The summed E-state index contributed by atoms with van der Waals surface area (Å²) in [6.45, 7) is 1.04. The van der Waals surface area contributed by atoms with E-state index in [4.69, 9.17) is 4.42 Å². The fraction of sp³-hybridized carbons (Fsp3) is 0.316. The zero-order chi connectivity index (χ0) is 20.4. The largest absolute Gasteiger partial charge is 0.459 e. The third-order valence-corrected chi connectivity index (χ3v) is 6.22. The summed E-state index contributed by atoms with van der Waals surface area (Å²) in [6, 6.07) is 9.30. The first-order valence-corrected chi connectivity index (χ1v) is 10.7. The van der Waals surface area contributed by atoms with Crippen molar-refractivity contribution in [3.8, 4) is 0 Å². The van der Waals surface area contributed by atoms with Crippen LogP contribution < -0.4 is 10.6 Å². The molecule has 2 aromatic rings. The number of nitrogens with one attached hydrogen (secondary N) is 2. The number of amidine groups is 1. The van der Waals surface area contributed by atoms with E-state index in [1.54, 1.807) is 35.2 Å². The van der Waals surface area contributed by atoms with Crippen molar-refractivity contribution in [3.05, 3.63) is 54.0 Å². The summed E-state index contributed by atoms with van der Waals surface area (Å²) < 4.78 is 33.5. The second-order valence-electron chi connectivity index (χ2n) is 6.76. The van der Waals surface area contributed by atoms with Gasteiger partial charge in [-0.15, -0.1) is 4.40 Å². The molecule has 9 nitrogen and oxygen atoms in total. The number of fused-ring (bicyclic) bond motifs is 1. The Morgan fingerprint density at radius 3 is 2.72 bits per heavy atom. The van der Waals surface area contributed by atoms with Gasteiger partial charge in [-0.25, -0.2) is 0 Å². The van der Waals surface area contributed by atoms with Crippen molar-refractivity contribution in [2.24, 2.45) is 4.40 Å². The van der Waals surface area contributed by atoms with Gasteiger partial charge in [0.25, 0.3) is 15.9 Å². The zero-order valence-electron chi connectivity index (χ0n) is 15.5. The van der Waals surface area contributed by atoms with Crippen molar-refractivity contribution < 1.29 is 22.4 Å². The highest BCUT2D eigenvalue weighted by molar-refractivity contribution is 7.90. The van der Waals surface area contributed by atoms with Crippen LogP contribution in [0.2, 0.25) is 0 Å². The lowest BCUT2D eigenvalue weighted by Crippen LogP contribution is -2.47. The number of rotatable bonds is 5. The van der Waals surface area contributed by atoms with E-state index >= 15 is 0 Å². The van der Waals surface area contributed by atoms with E-state index in [9.17, 15) is 18.0 Å². The van der Waals surface area contributed by atoms with E-state index in [-0.39, 0.29) is 35.6 Å². The molecule has 1 aromatic carbocycles. The maximum atomic E-state index is 12.7. The number of furan rings is 1. The Bertz CT molecular complexity index is 1060. The number of carbonyl (C=O) groups is 2. The molecule has 2 aliphatic heterocycles. The minimum absolute atomic E-state index is 0.168. The molecule has 1 atom stereocenters. The molecular weight excluding hydrogens is 396 g/mol. The smallest absolute Gasteiger partial charge is 0.287 e. The van der Waals surface area contributed by atoms with Crippen molar-refractivity contribution in [2.75, 3.05) is 19.6 Å². The molecule has 2 N–H and O–H groups in total. The Kier molecular flexibility index (Phi) is 5.10. The number of likely N-dealkylation sites (tertiary alicyclic amines) is 1. The summed E-state index contributed by atoms with van der Waals surface area (Å²) in [7, 11) is -3.74. The highest BCUT2D eigenvalue weighted by Gasteiger charge is 2.39. The molecule has 2 amide bonds. The first-order valence-electron chi connectivity index (χ1n) is 9.28. The molecule has 0 spiro atoms. The lowest BCUT2D eigenvalue weighted by molar-refractivity contribution is -0.124. The molecule has 4 rings (SSSR count). The molecule has 2 aliphatic rings. The van der Waals surface area contributed by atoms with Crippen LogP contribution in [0.15, 0.2) is 56.4 Å². The lowest BCUT2D eigenvalue weighted by Gasteiger charge is -2.25. The lowest BCUT2D eigenvalue weighted by atomic mass is 10.1. The van der Waals surface area contributed by atoms with E-state index in [0.717, 1.165) is 6.42 Å².